The molecule has 0 amide bonds. The number of hydrogen-bond donors (Lipinski definition) is 0. The Morgan fingerprint density at radius 3 is 2.07 bits per heavy atom. The van der Waals surface area contributed by atoms with E-state index in [0.717, 1.165) is 12.5 Å². The second-order valence-electron chi connectivity index (χ2n) is 8.82. The van der Waals surface area contributed by atoms with Crippen LogP contribution in [-0.4, -0.2) is 17.5 Å². The van der Waals surface area contributed by atoms with Crippen molar-refractivity contribution in [1.82, 2.24) is 4.90 Å². The quantitative estimate of drug-likeness (QED) is 0.446. The average molecular weight is 378 g/mol. The van der Waals surface area contributed by atoms with Crippen LogP contribution in [0.2, 0.25) is 0 Å². The summed E-state index contributed by atoms with van der Waals surface area (Å²) in [6.07, 6.45) is 9.10. The molecule has 152 valence electrons. The summed E-state index contributed by atoms with van der Waals surface area (Å²) in [6, 6.07) is 23.3. The lowest BCUT2D eigenvalue weighted by Crippen LogP contribution is -2.54. The highest BCUT2D eigenvalue weighted by Crippen LogP contribution is 2.48. The first kappa shape index (κ1) is 21.1. The topological polar surface area (TPSA) is 3.24 Å². The Labute approximate surface area is 173 Å². The van der Waals surface area contributed by atoms with Gasteiger partial charge in [0.05, 0.1) is 0 Å². The summed E-state index contributed by atoms with van der Waals surface area (Å²) in [7, 11) is 0. The molecule has 1 aliphatic heterocycles. The summed E-state index contributed by atoms with van der Waals surface area (Å²) in [5, 5.41) is 0. The number of hydrogen-bond acceptors (Lipinski definition) is 1. The predicted octanol–water partition coefficient (Wildman–Crippen LogP) is 7.22. The van der Waals surface area contributed by atoms with Gasteiger partial charge in [0.15, 0.2) is 0 Å². The Bertz CT molecular complexity index is 680. The van der Waals surface area contributed by atoms with Crippen LogP contribution in [0.3, 0.4) is 0 Å². The van der Waals surface area contributed by atoms with Crippen molar-refractivity contribution >= 4 is 0 Å². The number of benzene rings is 2. The Morgan fingerprint density at radius 2 is 1.46 bits per heavy atom. The van der Waals surface area contributed by atoms with Gasteiger partial charge in [-0.25, -0.2) is 0 Å². The van der Waals surface area contributed by atoms with E-state index in [2.05, 4.69) is 86.3 Å². The Morgan fingerprint density at radius 1 is 0.821 bits per heavy atom. The van der Waals surface area contributed by atoms with Crippen molar-refractivity contribution in [2.75, 3.05) is 6.54 Å². The average Bonchev–Trinajstić information content (AvgIpc) is 2.73. The van der Waals surface area contributed by atoms with Crippen molar-refractivity contribution in [2.45, 2.75) is 83.7 Å². The molecule has 3 atom stereocenters. The molecule has 1 heterocycles. The zero-order valence-corrected chi connectivity index (χ0v) is 18.2. The highest BCUT2D eigenvalue weighted by molar-refractivity contribution is 5.29. The van der Waals surface area contributed by atoms with Crippen LogP contribution >= 0.6 is 0 Å². The predicted molar refractivity (Wildman–Crippen MR) is 122 cm³/mol. The van der Waals surface area contributed by atoms with E-state index < -0.39 is 0 Å². The first-order valence-electron chi connectivity index (χ1n) is 11.6. The maximum absolute atomic E-state index is 2.82. The smallest absolute Gasteiger partial charge is 0.0236 e. The van der Waals surface area contributed by atoms with Crippen molar-refractivity contribution in [3.63, 3.8) is 0 Å². The van der Waals surface area contributed by atoms with E-state index in [1.807, 2.05) is 0 Å². The minimum Gasteiger partial charge on any atom is -0.296 e. The third-order valence-electron chi connectivity index (χ3n) is 6.88. The summed E-state index contributed by atoms with van der Waals surface area (Å²) in [4.78, 5) is 2.82. The molecule has 3 unspecified atom stereocenters. The lowest BCUT2D eigenvalue weighted by atomic mass is 9.60. The summed E-state index contributed by atoms with van der Waals surface area (Å²) in [5.41, 5.74) is 3.40. The van der Waals surface area contributed by atoms with E-state index in [4.69, 9.17) is 0 Å². The zero-order valence-electron chi connectivity index (χ0n) is 18.2. The van der Waals surface area contributed by atoms with E-state index in [1.54, 1.807) is 5.56 Å². The van der Waals surface area contributed by atoms with Crippen molar-refractivity contribution < 1.29 is 0 Å². The number of piperidine rings is 1. The van der Waals surface area contributed by atoms with Crippen LogP contribution in [0.4, 0.5) is 0 Å². The number of rotatable bonds is 9. The lowest BCUT2D eigenvalue weighted by Gasteiger charge is -2.53. The summed E-state index contributed by atoms with van der Waals surface area (Å²) in [6.45, 7) is 9.42. The van der Waals surface area contributed by atoms with Gasteiger partial charge in [-0.15, -0.1) is 0 Å². The monoisotopic (exact) mass is 377 g/mol. The third kappa shape index (κ3) is 4.69. The number of likely N-dealkylation sites (tertiary alicyclic amines) is 1. The molecule has 0 bridgehead atoms. The van der Waals surface area contributed by atoms with Gasteiger partial charge in [-0.3, -0.25) is 4.90 Å². The first-order valence-corrected chi connectivity index (χ1v) is 11.6. The van der Waals surface area contributed by atoms with Crippen LogP contribution in [0.5, 0.6) is 0 Å². The molecule has 28 heavy (non-hydrogen) atoms. The minimum atomic E-state index is 0.346. The molecule has 1 heteroatoms. The van der Waals surface area contributed by atoms with E-state index >= 15 is 0 Å². The van der Waals surface area contributed by atoms with Crippen molar-refractivity contribution in [3.05, 3.63) is 71.8 Å². The normalized spacial score (nSPS) is 25.7. The van der Waals surface area contributed by atoms with E-state index in [-0.39, 0.29) is 0 Å². The van der Waals surface area contributed by atoms with Gasteiger partial charge in [0.25, 0.3) is 0 Å². The zero-order chi connectivity index (χ0) is 19.8. The molecule has 2 aromatic carbocycles. The summed E-state index contributed by atoms with van der Waals surface area (Å²) < 4.78 is 0. The van der Waals surface area contributed by atoms with Gasteiger partial charge in [-0.1, -0.05) is 101 Å². The van der Waals surface area contributed by atoms with Gasteiger partial charge in [0.1, 0.15) is 0 Å². The van der Waals surface area contributed by atoms with Gasteiger partial charge in [-0.05, 0) is 42.7 Å². The largest absolute Gasteiger partial charge is 0.296 e. The van der Waals surface area contributed by atoms with Crippen LogP contribution in [0.1, 0.15) is 76.8 Å². The molecule has 1 aliphatic rings. The van der Waals surface area contributed by atoms with Crippen LogP contribution in [0.25, 0.3) is 0 Å². The molecule has 0 aliphatic carbocycles. The summed E-state index contributed by atoms with van der Waals surface area (Å²) >= 11 is 0. The molecular formula is C27H39N. The molecule has 1 nitrogen and oxygen atoms in total. The molecule has 0 saturated carbocycles. The molecule has 1 saturated heterocycles. The van der Waals surface area contributed by atoms with Crippen molar-refractivity contribution in [1.29, 1.82) is 0 Å². The SMILES string of the molecule is CCCC1CC(CCC)(c2ccccc2)C(CCC)CN1Cc1ccccc1. The van der Waals surface area contributed by atoms with Crippen LogP contribution < -0.4 is 0 Å². The van der Waals surface area contributed by atoms with Gasteiger partial charge < -0.3 is 0 Å². The standard InChI is InChI=1S/C27H39N/c1-4-13-25-22-28(21-23-15-9-7-10-16-23)26(14-5-2)20-27(25,19-6-3)24-17-11-8-12-18-24/h7-12,15-18,25-26H,4-6,13-14,19-22H2,1-3H3. The highest BCUT2D eigenvalue weighted by Gasteiger charge is 2.46. The van der Waals surface area contributed by atoms with E-state index in [0.29, 0.717) is 11.5 Å². The van der Waals surface area contributed by atoms with Crippen molar-refractivity contribution in [3.8, 4) is 0 Å². The van der Waals surface area contributed by atoms with Crippen LogP contribution in [0.15, 0.2) is 60.7 Å². The Kier molecular flexibility index (Phi) is 7.73. The lowest BCUT2D eigenvalue weighted by molar-refractivity contribution is 0.0191. The fraction of sp³-hybridized carbons (Fsp3) is 0.556. The van der Waals surface area contributed by atoms with E-state index in [1.165, 1.54) is 57.1 Å². The van der Waals surface area contributed by atoms with E-state index in [9.17, 15) is 0 Å². The highest BCUT2D eigenvalue weighted by atomic mass is 15.2. The van der Waals surface area contributed by atoms with Gasteiger partial charge in [0, 0.05) is 24.5 Å². The molecule has 0 spiro atoms. The van der Waals surface area contributed by atoms with Gasteiger partial charge in [-0.2, -0.15) is 0 Å². The second-order valence-corrected chi connectivity index (χ2v) is 8.82. The van der Waals surface area contributed by atoms with Crippen molar-refractivity contribution in [2.24, 2.45) is 5.92 Å². The first-order chi connectivity index (χ1) is 13.7. The van der Waals surface area contributed by atoms with Gasteiger partial charge in [0.2, 0.25) is 0 Å². The van der Waals surface area contributed by atoms with Crippen LogP contribution in [0, 0.1) is 5.92 Å². The molecule has 0 radical (unpaired) electrons. The fourth-order valence-corrected chi connectivity index (χ4v) is 5.69. The number of nitrogens with zero attached hydrogens (tertiary/aromatic N) is 1. The molecule has 0 N–H and O–H groups in total. The second kappa shape index (κ2) is 10.3. The van der Waals surface area contributed by atoms with Crippen LogP contribution in [-0.2, 0) is 12.0 Å². The third-order valence-corrected chi connectivity index (χ3v) is 6.88. The maximum atomic E-state index is 2.82. The Balaban J connectivity index is 1.94. The maximum Gasteiger partial charge on any atom is 0.0236 e. The molecule has 3 rings (SSSR count). The molecular weight excluding hydrogens is 338 g/mol. The Hall–Kier alpha value is -1.60. The summed E-state index contributed by atoms with van der Waals surface area (Å²) in [5.74, 6) is 0.747. The van der Waals surface area contributed by atoms with Gasteiger partial charge >= 0.3 is 0 Å². The fourth-order valence-electron chi connectivity index (χ4n) is 5.69. The molecule has 0 aromatic heterocycles. The molecule has 1 fully saturated rings. The minimum absolute atomic E-state index is 0.346. The molecule has 2 aromatic rings.